The fraction of sp³-hybridized carbons (Fsp3) is 0.545. The fourth-order valence-corrected chi connectivity index (χ4v) is 2.66. The summed E-state index contributed by atoms with van der Waals surface area (Å²) in [5.41, 5.74) is 1.88. The molecule has 3 nitrogen and oxygen atoms in total. The van der Waals surface area contributed by atoms with Crippen LogP contribution < -0.4 is 10.6 Å². The zero-order valence-electron chi connectivity index (χ0n) is 9.29. The Labute approximate surface area is 106 Å². The molecule has 0 saturated carbocycles. The molecular weight excluding hydrogens is 244 g/mol. The molecule has 2 heterocycles. The summed E-state index contributed by atoms with van der Waals surface area (Å²) in [5.74, 6) is 0.0578. The molecule has 1 amide bonds. The van der Waals surface area contributed by atoms with Crippen LogP contribution in [0.1, 0.15) is 28.8 Å². The molecule has 0 aliphatic carbocycles. The number of halogens is 1. The van der Waals surface area contributed by atoms with E-state index in [1.807, 2.05) is 17.7 Å². The van der Waals surface area contributed by atoms with Gasteiger partial charge >= 0.3 is 0 Å². The smallest absolute Gasteiger partial charge is 0.252 e. The van der Waals surface area contributed by atoms with Gasteiger partial charge in [0.15, 0.2) is 0 Å². The summed E-state index contributed by atoms with van der Waals surface area (Å²) >= 11 is 1.58. The van der Waals surface area contributed by atoms with Gasteiger partial charge in [-0.3, -0.25) is 4.79 Å². The maximum Gasteiger partial charge on any atom is 0.252 e. The number of thiophene rings is 1. The van der Waals surface area contributed by atoms with Crippen molar-refractivity contribution in [2.45, 2.75) is 25.8 Å². The Balaban J connectivity index is 0.00000128. The molecule has 16 heavy (non-hydrogen) atoms. The molecule has 1 aliphatic heterocycles. The van der Waals surface area contributed by atoms with E-state index in [0.29, 0.717) is 6.04 Å². The van der Waals surface area contributed by atoms with Crippen LogP contribution in [-0.2, 0) is 0 Å². The highest BCUT2D eigenvalue weighted by atomic mass is 35.5. The van der Waals surface area contributed by atoms with Gasteiger partial charge in [-0.15, -0.1) is 12.4 Å². The van der Waals surface area contributed by atoms with Crippen molar-refractivity contribution < 1.29 is 4.79 Å². The standard InChI is InChI=1S/C11H16N2OS.ClH/c1-8-6-15-7-10(8)11(14)13-5-9-3-2-4-12-9;/h6-7,9,12H,2-5H2,1H3,(H,13,14);1H. The van der Waals surface area contributed by atoms with Gasteiger partial charge in [0.2, 0.25) is 0 Å². The number of carbonyl (C=O) groups excluding carboxylic acids is 1. The van der Waals surface area contributed by atoms with Gasteiger partial charge in [-0.2, -0.15) is 11.3 Å². The first-order valence-corrected chi connectivity index (χ1v) is 6.26. The van der Waals surface area contributed by atoms with Gasteiger partial charge < -0.3 is 10.6 Å². The monoisotopic (exact) mass is 260 g/mol. The Bertz CT molecular complexity index is 348. The first-order chi connectivity index (χ1) is 7.27. The lowest BCUT2D eigenvalue weighted by Crippen LogP contribution is -2.37. The summed E-state index contributed by atoms with van der Waals surface area (Å²) in [6.45, 7) is 3.80. The molecule has 1 unspecified atom stereocenters. The zero-order valence-corrected chi connectivity index (χ0v) is 10.9. The Morgan fingerprint density at radius 1 is 1.62 bits per heavy atom. The average Bonchev–Trinajstić information content (AvgIpc) is 2.84. The van der Waals surface area contributed by atoms with Crippen LogP contribution in [-0.4, -0.2) is 25.0 Å². The summed E-state index contributed by atoms with van der Waals surface area (Å²) in [6.07, 6.45) is 2.39. The first kappa shape index (κ1) is 13.5. The van der Waals surface area contributed by atoms with Gasteiger partial charge in [0.1, 0.15) is 0 Å². The molecule has 1 aliphatic rings. The fourth-order valence-electron chi connectivity index (χ4n) is 1.84. The highest BCUT2D eigenvalue weighted by molar-refractivity contribution is 7.08. The molecule has 0 radical (unpaired) electrons. The van der Waals surface area contributed by atoms with E-state index in [0.717, 1.165) is 24.2 Å². The van der Waals surface area contributed by atoms with Crippen molar-refractivity contribution in [2.24, 2.45) is 0 Å². The van der Waals surface area contributed by atoms with E-state index >= 15 is 0 Å². The van der Waals surface area contributed by atoms with Gasteiger partial charge in [-0.05, 0) is 37.3 Å². The van der Waals surface area contributed by atoms with Gasteiger partial charge in [-0.1, -0.05) is 0 Å². The molecule has 2 rings (SSSR count). The van der Waals surface area contributed by atoms with Crippen LogP contribution in [0.4, 0.5) is 0 Å². The Morgan fingerprint density at radius 2 is 2.44 bits per heavy atom. The third kappa shape index (κ3) is 3.20. The van der Waals surface area contributed by atoms with Gasteiger partial charge in [-0.25, -0.2) is 0 Å². The Hall–Kier alpha value is -0.580. The summed E-state index contributed by atoms with van der Waals surface area (Å²) in [6, 6.07) is 0.466. The third-order valence-electron chi connectivity index (χ3n) is 2.77. The number of hydrogen-bond donors (Lipinski definition) is 2. The second kappa shape index (κ2) is 6.23. The zero-order chi connectivity index (χ0) is 10.7. The number of rotatable bonds is 3. The van der Waals surface area contributed by atoms with E-state index in [-0.39, 0.29) is 18.3 Å². The molecule has 1 aromatic heterocycles. The largest absolute Gasteiger partial charge is 0.350 e. The molecule has 1 saturated heterocycles. The number of hydrogen-bond acceptors (Lipinski definition) is 3. The molecule has 0 spiro atoms. The SMILES string of the molecule is Cc1cscc1C(=O)NCC1CCCN1.Cl. The summed E-state index contributed by atoms with van der Waals surface area (Å²) in [4.78, 5) is 11.8. The van der Waals surface area contributed by atoms with Gasteiger partial charge in [0.05, 0.1) is 5.56 Å². The minimum absolute atomic E-state index is 0. The lowest BCUT2D eigenvalue weighted by Gasteiger charge is -2.11. The molecule has 5 heteroatoms. The number of amides is 1. The topological polar surface area (TPSA) is 41.1 Å². The van der Waals surface area contributed by atoms with E-state index in [1.165, 1.54) is 12.8 Å². The summed E-state index contributed by atoms with van der Waals surface area (Å²) in [5, 5.41) is 10.2. The lowest BCUT2D eigenvalue weighted by atomic mass is 10.2. The minimum Gasteiger partial charge on any atom is -0.350 e. The van der Waals surface area contributed by atoms with E-state index < -0.39 is 0 Å². The van der Waals surface area contributed by atoms with Crippen LogP contribution in [0.2, 0.25) is 0 Å². The molecule has 2 N–H and O–H groups in total. The highest BCUT2D eigenvalue weighted by Crippen LogP contribution is 2.13. The van der Waals surface area contributed by atoms with Crippen LogP contribution >= 0.6 is 23.7 Å². The average molecular weight is 261 g/mol. The predicted octanol–water partition coefficient (Wildman–Crippen LogP) is 1.96. The van der Waals surface area contributed by atoms with Crippen LogP contribution in [0.3, 0.4) is 0 Å². The first-order valence-electron chi connectivity index (χ1n) is 5.32. The lowest BCUT2D eigenvalue weighted by molar-refractivity contribution is 0.0950. The van der Waals surface area contributed by atoms with Crippen molar-refractivity contribution in [1.29, 1.82) is 0 Å². The predicted molar refractivity (Wildman–Crippen MR) is 69.7 cm³/mol. The summed E-state index contributed by atoms with van der Waals surface area (Å²) in [7, 11) is 0. The number of carbonyl (C=O) groups is 1. The summed E-state index contributed by atoms with van der Waals surface area (Å²) < 4.78 is 0. The molecule has 1 aromatic rings. The Kier molecular flexibility index (Phi) is 5.25. The minimum atomic E-state index is 0. The van der Waals surface area contributed by atoms with E-state index in [9.17, 15) is 4.79 Å². The van der Waals surface area contributed by atoms with Gasteiger partial charge in [0, 0.05) is 18.0 Å². The van der Waals surface area contributed by atoms with Crippen molar-refractivity contribution >= 4 is 29.7 Å². The molecule has 90 valence electrons. The van der Waals surface area contributed by atoms with Gasteiger partial charge in [0.25, 0.3) is 5.91 Å². The molecule has 0 aromatic carbocycles. The normalized spacial score (nSPS) is 19.2. The number of nitrogens with one attached hydrogen (secondary N) is 2. The van der Waals surface area contributed by atoms with Crippen LogP contribution in [0.5, 0.6) is 0 Å². The van der Waals surface area contributed by atoms with Crippen molar-refractivity contribution in [3.8, 4) is 0 Å². The van der Waals surface area contributed by atoms with E-state index in [1.54, 1.807) is 11.3 Å². The second-order valence-electron chi connectivity index (χ2n) is 3.97. The maximum atomic E-state index is 11.8. The highest BCUT2D eigenvalue weighted by Gasteiger charge is 2.16. The third-order valence-corrected chi connectivity index (χ3v) is 3.63. The second-order valence-corrected chi connectivity index (χ2v) is 4.72. The van der Waals surface area contributed by atoms with Crippen LogP contribution in [0.25, 0.3) is 0 Å². The van der Waals surface area contributed by atoms with E-state index in [2.05, 4.69) is 10.6 Å². The van der Waals surface area contributed by atoms with Crippen LogP contribution in [0, 0.1) is 6.92 Å². The van der Waals surface area contributed by atoms with E-state index in [4.69, 9.17) is 0 Å². The van der Waals surface area contributed by atoms with Crippen molar-refractivity contribution in [2.75, 3.05) is 13.1 Å². The van der Waals surface area contributed by atoms with Crippen molar-refractivity contribution in [1.82, 2.24) is 10.6 Å². The molecule has 1 fully saturated rings. The maximum absolute atomic E-state index is 11.8. The Morgan fingerprint density at radius 3 is 3.00 bits per heavy atom. The van der Waals surface area contributed by atoms with Crippen molar-refractivity contribution in [3.05, 3.63) is 21.9 Å². The molecule has 1 atom stereocenters. The molecule has 0 bridgehead atoms. The molecular formula is C11H17ClN2OS. The quantitative estimate of drug-likeness (QED) is 0.872. The van der Waals surface area contributed by atoms with Crippen LogP contribution in [0.15, 0.2) is 10.8 Å². The van der Waals surface area contributed by atoms with Crippen molar-refractivity contribution in [3.63, 3.8) is 0 Å². The number of aryl methyl sites for hydroxylation is 1.